The summed E-state index contributed by atoms with van der Waals surface area (Å²) in [6.07, 6.45) is -0.641. The summed E-state index contributed by atoms with van der Waals surface area (Å²) in [7, 11) is 0. The number of carbonyl (C=O) groups excluding carboxylic acids is 6. The number of imide groups is 1. The standard InChI is InChI=1S/C26H26N2O8/c1-13(2)36-24-14(3)22(31)21-17(23(24)32)10-18-25(33)27(15(4)29)11-20(30)28(18)19(21)12-35-26(34)16-8-6-5-7-9-16/h5-9,13,18-19H,10-12H2,1-4H3/t18-,19+/m1/s1. The first-order valence-corrected chi connectivity index (χ1v) is 11.6. The fourth-order valence-electron chi connectivity index (χ4n) is 4.72. The Morgan fingerprint density at radius 2 is 1.72 bits per heavy atom. The van der Waals surface area contributed by atoms with Crippen LogP contribution in [-0.2, 0) is 33.4 Å². The van der Waals surface area contributed by atoms with E-state index < -0.39 is 60.5 Å². The fourth-order valence-corrected chi connectivity index (χ4v) is 4.72. The highest BCUT2D eigenvalue weighted by atomic mass is 16.5. The zero-order valence-electron chi connectivity index (χ0n) is 20.4. The maximum atomic E-state index is 13.5. The number of allylic oxidation sites excluding steroid dienone is 2. The van der Waals surface area contributed by atoms with Gasteiger partial charge in [0.25, 0.3) is 5.91 Å². The van der Waals surface area contributed by atoms with E-state index in [0.717, 1.165) is 4.90 Å². The lowest BCUT2D eigenvalue weighted by molar-refractivity contribution is -0.164. The third-order valence-corrected chi connectivity index (χ3v) is 6.38. The van der Waals surface area contributed by atoms with E-state index >= 15 is 0 Å². The third-order valence-electron chi connectivity index (χ3n) is 6.38. The molecular weight excluding hydrogens is 468 g/mol. The lowest BCUT2D eigenvalue weighted by Crippen LogP contribution is -2.67. The Morgan fingerprint density at radius 3 is 2.33 bits per heavy atom. The third kappa shape index (κ3) is 4.23. The van der Waals surface area contributed by atoms with Gasteiger partial charge in [-0.25, -0.2) is 4.79 Å². The Labute approximate surface area is 207 Å². The Morgan fingerprint density at radius 1 is 1.06 bits per heavy atom. The Bertz CT molecular complexity index is 1240. The van der Waals surface area contributed by atoms with E-state index in [1.807, 2.05) is 0 Å². The second-order valence-electron chi connectivity index (χ2n) is 9.12. The van der Waals surface area contributed by atoms with Gasteiger partial charge < -0.3 is 14.4 Å². The summed E-state index contributed by atoms with van der Waals surface area (Å²) in [5.74, 6) is -3.74. The van der Waals surface area contributed by atoms with E-state index in [9.17, 15) is 28.8 Å². The number of piperazine rings is 1. The van der Waals surface area contributed by atoms with Crippen LogP contribution < -0.4 is 0 Å². The van der Waals surface area contributed by atoms with Gasteiger partial charge in [0.2, 0.25) is 17.6 Å². The summed E-state index contributed by atoms with van der Waals surface area (Å²) in [5, 5.41) is 0. The van der Waals surface area contributed by atoms with Crippen LogP contribution >= 0.6 is 0 Å². The topological polar surface area (TPSA) is 127 Å². The number of esters is 1. The number of Topliss-reactive ketones (excluding diaryl/α,β-unsaturated/α-hetero) is 2. The van der Waals surface area contributed by atoms with Crippen molar-refractivity contribution in [2.75, 3.05) is 13.2 Å². The van der Waals surface area contributed by atoms with E-state index in [1.54, 1.807) is 44.2 Å². The molecule has 188 valence electrons. The number of benzene rings is 1. The zero-order chi connectivity index (χ0) is 26.3. The first-order chi connectivity index (χ1) is 17.0. The smallest absolute Gasteiger partial charge is 0.338 e. The van der Waals surface area contributed by atoms with Crippen molar-refractivity contribution in [1.82, 2.24) is 9.80 Å². The van der Waals surface area contributed by atoms with Crippen LogP contribution in [0.15, 0.2) is 52.8 Å². The lowest BCUT2D eigenvalue weighted by atomic mass is 9.77. The second kappa shape index (κ2) is 9.52. The van der Waals surface area contributed by atoms with Crippen molar-refractivity contribution < 1.29 is 38.2 Å². The van der Waals surface area contributed by atoms with E-state index in [0.29, 0.717) is 0 Å². The van der Waals surface area contributed by atoms with Gasteiger partial charge in [0.1, 0.15) is 19.2 Å². The normalized spacial score (nSPS) is 22.1. The molecule has 10 nitrogen and oxygen atoms in total. The molecule has 2 aliphatic heterocycles. The number of fused-ring (bicyclic) bond motifs is 1. The van der Waals surface area contributed by atoms with E-state index in [-0.39, 0.29) is 40.6 Å². The van der Waals surface area contributed by atoms with Crippen molar-refractivity contribution in [2.24, 2.45) is 0 Å². The molecule has 1 saturated heterocycles. The number of ether oxygens (including phenoxy) is 2. The van der Waals surface area contributed by atoms with Crippen LogP contribution in [-0.4, -0.2) is 76.4 Å². The molecule has 3 amide bonds. The van der Waals surface area contributed by atoms with Crippen molar-refractivity contribution in [3.8, 4) is 0 Å². The summed E-state index contributed by atoms with van der Waals surface area (Å²) in [6.45, 7) is 5.10. The number of rotatable bonds is 5. The summed E-state index contributed by atoms with van der Waals surface area (Å²) < 4.78 is 11.1. The van der Waals surface area contributed by atoms with Crippen LogP contribution in [0.4, 0.5) is 0 Å². The molecule has 0 saturated carbocycles. The van der Waals surface area contributed by atoms with Crippen LogP contribution in [0, 0.1) is 0 Å². The highest BCUT2D eigenvalue weighted by molar-refractivity contribution is 6.25. The van der Waals surface area contributed by atoms with Gasteiger partial charge in [-0.2, -0.15) is 0 Å². The number of carbonyl (C=O) groups is 6. The number of ketones is 2. The molecule has 0 bridgehead atoms. The largest absolute Gasteiger partial charge is 0.486 e. The van der Waals surface area contributed by atoms with Crippen molar-refractivity contribution >= 4 is 35.3 Å². The number of hydrogen-bond acceptors (Lipinski definition) is 8. The number of nitrogens with zero attached hydrogens (tertiary/aromatic N) is 2. The Kier molecular flexibility index (Phi) is 6.62. The molecule has 0 spiro atoms. The van der Waals surface area contributed by atoms with Gasteiger partial charge in [0.05, 0.1) is 17.7 Å². The van der Waals surface area contributed by atoms with Crippen molar-refractivity contribution in [2.45, 2.75) is 52.3 Å². The van der Waals surface area contributed by atoms with Gasteiger partial charge in [-0.05, 0) is 32.9 Å². The molecule has 4 rings (SSSR count). The first-order valence-electron chi connectivity index (χ1n) is 11.6. The highest BCUT2D eigenvalue weighted by Crippen LogP contribution is 2.39. The molecule has 2 heterocycles. The average Bonchev–Trinajstić information content (AvgIpc) is 2.85. The quantitative estimate of drug-likeness (QED) is 0.443. The molecule has 0 N–H and O–H groups in total. The van der Waals surface area contributed by atoms with Crippen molar-refractivity contribution in [3.63, 3.8) is 0 Å². The molecular formula is C26H26N2O8. The van der Waals surface area contributed by atoms with Crippen molar-refractivity contribution in [1.29, 1.82) is 0 Å². The minimum absolute atomic E-state index is 0.00291. The molecule has 10 heteroatoms. The molecule has 0 unspecified atom stereocenters. The van der Waals surface area contributed by atoms with Crippen LogP contribution in [0.1, 0.15) is 44.5 Å². The SMILES string of the molecule is CC(=O)N1CC(=O)N2[C@H](CC3=C(C(=O)C(C)=C(OC(C)C)C3=O)[C@@H]2COC(=O)c2ccccc2)C1=O. The second-order valence-corrected chi connectivity index (χ2v) is 9.12. The van der Waals surface area contributed by atoms with E-state index in [2.05, 4.69) is 0 Å². The van der Waals surface area contributed by atoms with Gasteiger partial charge in [-0.3, -0.25) is 28.9 Å². The fraction of sp³-hybridized carbons (Fsp3) is 0.385. The van der Waals surface area contributed by atoms with Crippen LogP contribution in [0.5, 0.6) is 0 Å². The highest BCUT2D eigenvalue weighted by Gasteiger charge is 2.53. The Hall–Kier alpha value is -4.08. The molecule has 1 aromatic carbocycles. The summed E-state index contributed by atoms with van der Waals surface area (Å²) in [4.78, 5) is 79.9. The van der Waals surface area contributed by atoms with E-state index in [4.69, 9.17) is 9.47 Å². The van der Waals surface area contributed by atoms with Gasteiger partial charge in [0.15, 0.2) is 11.5 Å². The van der Waals surface area contributed by atoms with Crippen LogP contribution in [0.3, 0.4) is 0 Å². The van der Waals surface area contributed by atoms with Gasteiger partial charge in [-0.15, -0.1) is 0 Å². The number of amides is 3. The molecule has 1 aliphatic carbocycles. The molecule has 3 aliphatic rings. The molecule has 1 fully saturated rings. The maximum Gasteiger partial charge on any atom is 0.338 e. The predicted octanol–water partition coefficient (Wildman–Crippen LogP) is 1.35. The first kappa shape index (κ1) is 25.0. The van der Waals surface area contributed by atoms with E-state index in [1.165, 1.54) is 18.7 Å². The molecule has 2 atom stereocenters. The minimum Gasteiger partial charge on any atom is -0.486 e. The predicted molar refractivity (Wildman–Crippen MR) is 124 cm³/mol. The molecule has 1 aromatic rings. The summed E-state index contributed by atoms with van der Waals surface area (Å²) in [5.41, 5.74) is 0.363. The maximum absolute atomic E-state index is 13.5. The summed E-state index contributed by atoms with van der Waals surface area (Å²) in [6, 6.07) is 5.77. The molecule has 36 heavy (non-hydrogen) atoms. The minimum atomic E-state index is -1.20. The Balaban J connectivity index is 1.76. The average molecular weight is 495 g/mol. The van der Waals surface area contributed by atoms with Gasteiger partial charge >= 0.3 is 5.97 Å². The van der Waals surface area contributed by atoms with Gasteiger partial charge in [-0.1, -0.05) is 18.2 Å². The summed E-state index contributed by atoms with van der Waals surface area (Å²) >= 11 is 0. The van der Waals surface area contributed by atoms with Crippen LogP contribution in [0.2, 0.25) is 0 Å². The van der Waals surface area contributed by atoms with Crippen molar-refractivity contribution in [3.05, 3.63) is 58.4 Å². The molecule has 0 aromatic heterocycles. The van der Waals surface area contributed by atoms with Gasteiger partial charge in [0, 0.05) is 30.1 Å². The lowest BCUT2D eigenvalue weighted by Gasteiger charge is -2.47. The molecule has 0 radical (unpaired) electrons. The van der Waals surface area contributed by atoms with Crippen LogP contribution in [0.25, 0.3) is 0 Å². The zero-order valence-corrected chi connectivity index (χ0v) is 20.4. The number of hydrogen-bond donors (Lipinski definition) is 0. The monoisotopic (exact) mass is 494 g/mol.